The number of nitrogens with one attached hydrogen (secondary N) is 8. The van der Waals surface area contributed by atoms with Crippen LogP contribution in [-0.4, -0.2) is 166 Å². The van der Waals surface area contributed by atoms with Gasteiger partial charge in [-0.2, -0.15) is 0 Å². The molecule has 4 heterocycles. The van der Waals surface area contributed by atoms with Crippen molar-refractivity contribution in [3.63, 3.8) is 0 Å². The molecule has 13 N–H and O–H groups in total. The summed E-state index contributed by atoms with van der Waals surface area (Å²) in [6.45, 7) is 2.16. The Bertz CT molecular complexity index is 2140. The molecule has 2 bridgehead atoms. The number of benzene rings is 1. The highest BCUT2D eigenvalue weighted by atomic mass is 32.2. The van der Waals surface area contributed by atoms with Crippen LogP contribution >= 0.6 is 11.8 Å². The van der Waals surface area contributed by atoms with Gasteiger partial charge in [0.25, 0.3) is 0 Å². The second kappa shape index (κ2) is 21.6. The molecule has 1 fully saturated rings. The predicted octanol–water partition coefficient (Wildman–Crippen LogP) is -4.63. The molecule has 1 aromatic carbocycles. The lowest BCUT2D eigenvalue weighted by atomic mass is 9.93. The maximum atomic E-state index is 14.5. The van der Waals surface area contributed by atoms with Crippen molar-refractivity contribution in [2.75, 3.05) is 39.1 Å². The number of hydrogen-bond donors (Lipinski definition) is 12. The summed E-state index contributed by atoms with van der Waals surface area (Å²) in [6, 6.07) is -4.19. The van der Waals surface area contributed by atoms with Crippen molar-refractivity contribution in [3.8, 4) is 5.75 Å². The first-order valence-corrected chi connectivity index (χ1v) is 21.8. The molecule has 3 aliphatic heterocycles. The molecule has 24 heteroatoms. The van der Waals surface area contributed by atoms with Crippen molar-refractivity contribution >= 4 is 75.8 Å². The summed E-state index contributed by atoms with van der Waals surface area (Å²) in [5.74, 6) is -9.89. The van der Waals surface area contributed by atoms with Gasteiger partial charge < -0.3 is 72.9 Å². The second-order valence-electron chi connectivity index (χ2n) is 16.1. The van der Waals surface area contributed by atoms with Crippen LogP contribution in [0.5, 0.6) is 5.75 Å². The van der Waals surface area contributed by atoms with E-state index in [2.05, 4.69) is 42.2 Å². The van der Waals surface area contributed by atoms with Crippen LogP contribution in [0.25, 0.3) is 10.9 Å². The van der Waals surface area contributed by atoms with Crippen molar-refractivity contribution in [3.05, 3.63) is 23.8 Å². The number of aliphatic hydroxyl groups is 3. The minimum atomic E-state index is -1.73. The Morgan fingerprint density at radius 2 is 1.58 bits per heavy atom. The second-order valence-corrected chi connectivity index (χ2v) is 17.2. The van der Waals surface area contributed by atoms with E-state index in [1.807, 2.05) is 0 Å². The van der Waals surface area contributed by atoms with Gasteiger partial charge in [0.05, 0.1) is 56.0 Å². The fraction of sp³-hybridized carbons (Fsp3) is 0.575. The van der Waals surface area contributed by atoms with Gasteiger partial charge in [-0.1, -0.05) is 27.2 Å². The number of nitrogens with two attached hydrogens (primary N) is 1. The third kappa shape index (κ3) is 11.8. The van der Waals surface area contributed by atoms with Crippen molar-refractivity contribution in [1.82, 2.24) is 47.1 Å². The molecule has 9 amide bonds. The van der Waals surface area contributed by atoms with E-state index in [-0.39, 0.29) is 18.6 Å². The van der Waals surface area contributed by atoms with E-state index in [0.29, 0.717) is 33.7 Å². The molecule has 0 aliphatic carbocycles. The molecule has 0 saturated carbocycles. The number of amides is 9. The number of H-pyrrole nitrogens is 1. The maximum Gasteiger partial charge on any atom is 0.246 e. The molecule has 10 atom stereocenters. The molecular formula is C40H56N10O13S. The zero-order chi connectivity index (χ0) is 47.0. The number of thioether (sulfide) groups is 1. The Hall–Kier alpha value is -5.98. The number of ether oxygens (including phenoxy) is 1. The minimum absolute atomic E-state index is 0.277. The van der Waals surface area contributed by atoms with E-state index >= 15 is 0 Å². The van der Waals surface area contributed by atoms with Gasteiger partial charge in [-0.25, -0.2) is 0 Å². The molecule has 64 heavy (non-hydrogen) atoms. The topological polar surface area (TPSA) is 353 Å². The molecule has 1 saturated heterocycles. The van der Waals surface area contributed by atoms with Crippen LogP contribution in [0.15, 0.2) is 23.2 Å². The van der Waals surface area contributed by atoms with Crippen molar-refractivity contribution in [2.24, 2.45) is 17.6 Å². The standard InChI is InChI=1S/C40H56N10O13S/c1-5-17(2)32-37(60)43-12-30(55)44-26-16-64-39-22(21-7-6-20(63-4)9-23(21)47-39)10-24(34(57)42-13-31(56)48-32)45-38(61)33(18(3)28(53)15-51)49-36(59)27-8-19(52)14-50(27)40(62)25(11-29(41)54)46-35(26)58/h6-7,9,17-19,24-28,32-33,47,51-53H,5,8,10-16H2,1-4H3,(H2,41,54)(H,42,57)(H,43,60)(H,44,55)(H,45,61)(H,46,58)(H,48,56)(H,49,59). The molecule has 3 aliphatic rings. The zero-order valence-electron chi connectivity index (χ0n) is 35.7. The molecule has 1 aromatic heterocycles. The SMILES string of the molecule is CCC(C)C1NC(=O)CNC(=O)C2Cc3c([nH]c4cc(OC)ccc34)SCC(NC(=O)CNC1=O)C(=O)NC(CC(N)=O)C(=O)N1CC(O)CC1C(=O)NC(C(C)C(O)CO)C(=O)N2. The normalized spacial score (nSPS) is 27.3. The summed E-state index contributed by atoms with van der Waals surface area (Å²) in [4.78, 5) is 128. The van der Waals surface area contributed by atoms with Crippen LogP contribution in [0.2, 0.25) is 0 Å². The number of carbonyl (C=O) groups is 9. The fourth-order valence-corrected chi connectivity index (χ4v) is 8.80. The highest BCUT2D eigenvalue weighted by molar-refractivity contribution is 7.99. The van der Waals surface area contributed by atoms with Crippen LogP contribution < -0.4 is 47.7 Å². The van der Waals surface area contributed by atoms with Crippen molar-refractivity contribution in [2.45, 2.75) is 99.9 Å². The molecule has 2 aromatic rings. The largest absolute Gasteiger partial charge is 0.497 e. The Balaban J connectivity index is 1.71. The number of hydrogen-bond acceptors (Lipinski definition) is 14. The van der Waals surface area contributed by atoms with Crippen molar-refractivity contribution in [1.29, 1.82) is 0 Å². The number of nitrogens with zero attached hydrogens (tertiary/aromatic N) is 1. The van der Waals surface area contributed by atoms with Gasteiger partial charge in [0.1, 0.15) is 42.0 Å². The van der Waals surface area contributed by atoms with E-state index in [4.69, 9.17) is 10.5 Å². The minimum Gasteiger partial charge on any atom is -0.497 e. The first-order valence-electron chi connectivity index (χ1n) is 20.8. The van der Waals surface area contributed by atoms with Gasteiger partial charge in [-0.05, 0) is 23.6 Å². The van der Waals surface area contributed by atoms with Crippen LogP contribution in [-0.2, 0) is 49.6 Å². The van der Waals surface area contributed by atoms with Gasteiger partial charge in [0.2, 0.25) is 53.2 Å². The third-order valence-corrected chi connectivity index (χ3v) is 12.7. The molecular weight excluding hydrogens is 861 g/mol. The smallest absolute Gasteiger partial charge is 0.246 e. The van der Waals surface area contributed by atoms with E-state index in [0.717, 1.165) is 16.7 Å². The number of fused-ring (bicyclic) bond motifs is 5. The van der Waals surface area contributed by atoms with E-state index in [1.165, 1.54) is 14.0 Å². The van der Waals surface area contributed by atoms with Gasteiger partial charge in [0, 0.05) is 42.5 Å². The Morgan fingerprint density at radius 1 is 0.891 bits per heavy atom. The van der Waals surface area contributed by atoms with Gasteiger partial charge in [-0.3, -0.25) is 43.2 Å². The summed E-state index contributed by atoms with van der Waals surface area (Å²) in [7, 11) is 1.45. The van der Waals surface area contributed by atoms with E-state index in [1.54, 1.807) is 32.0 Å². The van der Waals surface area contributed by atoms with Crippen LogP contribution in [0.1, 0.15) is 45.6 Å². The lowest BCUT2D eigenvalue weighted by Crippen LogP contribution is -2.62. The number of primary amides is 1. The molecule has 23 nitrogen and oxygen atoms in total. The molecule has 350 valence electrons. The van der Waals surface area contributed by atoms with Crippen LogP contribution in [0.4, 0.5) is 0 Å². The highest BCUT2D eigenvalue weighted by Crippen LogP contribution is 2.34. The number of aromatic amines is 1. The summed E-state index contributed by atoms with van der Waals surface area (Å²) in [6.07, 6.45) is -3.92. The van der Waals surface area contributed by atoms with Crippen molar-refractivity contribution < 1.29 is 63.2 Å². The monoisotopic (exact) mass is 916 g/mol. The number of carbonyl (C=O) groups excluding carboxylic acids is 9. The average molecular weight is 917 g/mol. The Labute approximate surface area is 371 Å². The van der Waals surface area contributed by atoms with Crippen LogP contribution in [0, 0.1) is 11.8 Å². The summed E-state index contributed by atoms with van der Waals surface area (Å²) in [5.41, 5.74) is 6.42. The van der Waals surface area contributed by atoms with E-state index < -0.39 is 146 Å². The summed E-state index contributed by atoms with van der Waals surface area (Å²) < 4.78 is 5.41. The average Bonchev–Trinajstić information content (AvgIpc) is 3.83. The van der Waals surface area contributed by atoms with Gasteiger partial charge in [-0.15, -0.1) is 11.8 Å². The molecule has 10 unspecified atom stereocenters. The predicted molar refractivity (Wildman–Crippen MR) is 227 cm³/mol. The number of aromatic nitrogens is 1. The summed E-state index contributed by atoms with van der Waals surface area (Å²) in [5, 5.41) is 49.9. The molecule has 5 rings (SSSR count). The van der Waals surface area contributed by atoms with Crippen LogP contribution in [0.3, 0.4) is 0 Å². The number of aliphatic hydroxyl groups excluding tert-OH is 3. The molecule has 0 radical (unpaired) electrons. The Kier molecular flexibility index (Phi) is 16.6. The Morgan fingerprint density at radius 3 is 2.23 bits per heavy atom. The van der Waals surface area contributed by atoms with E-state index in [9.17, 15) is 58.5 Å². The van der Waals surface area contributed by atoms with Gasteiger partial charge in [0.15, 0.2) is 0 Å². The first kappa shape index (κ1) is 49.0. The summed E-state index contributed by atoms with van der Waals surface area (Å²) >= 11 is 0.998. The quantitative estimate of drug-likeness (QED) is 0.119. The third-order valence-electron chi connectivity index (χ3n) is 11.6. The van der Waals surface area contributed by atoms with Gasteiger partial charge >= 0.3 is 0 Å². The lowest BCUT2D eigenvalue weighted by molar-refractivity contribution is -0.144. The first-order chi connectivity index (χ1) is 30.3. The fourth-order valence-electron chi connectivity index (χ4n) is 7.68. The molecule has 0 spiro atoms. The highest BCUT2D eigenvalue weighted by Gasteiger charge is 2.45. The lowest BCUT2D eigenvalue weighted by Gasteiger charge is -2.32. The number of rotatable bonds is 8. The zero-order valence-corrected chi connectivity index (χ0v) is 36.5. The number of methoxy groups -OCH3 is 1. The maximum absolute atomic E-state index is 14.5.